The van der Waals surface area contributed by atoms with Crippen molar-refractivity contribution >= 4 is 5.97 Å². The number of carbonyl (C=O) groups is 1. The molecule has 2 heterocycles. The van der Waals surface area contributed by atoms with Gasteiger partial charge in [0.15, 0.2) is 11.5 Å². The van der Waals surface area contributed by atoms with Crippen molar-refractivity contribution in [2.45, 2.75) is 20.8 Å². The van der Waals surface area contributed by atoms with Gasteiger partial charge in [-0.3, -0.25) is 4.98 Å². The number of ether oxygens (including phenoxy) is 1. The number of aromatic amines is 1. The molecule has 0 aliphatic carbocycles. The molecular weight excluding hydrogens is 230 g/mol. The van der Waals surface area contributed by atoms with Crippen molar-refractivity contribution in [1.29, 1.82) is 0 Å². The Bertz CT molecular complexity index is 575. The molecule has 5 heteroatoms. The highest BCUT2D eigenvalue weighted by molar-refractivity contribution is 5.89. The summed E-state index contributed by atoms with van der Waals surface area (Å²) in [4.78, 5) is 23.3. The van der Waals surface area contributed by atoms with E-state index in [2.05, 4.69) is 15.0 Å². The zero-order valence-electron chi connectivity index (χ0n) is 10.7. The molecule has 0 atom stereocenters. The summed E-state index contributed by atoms with van der Waals surface area (Å²) in [6.45, 7) is 5.85. The molecule has 0 amide bonds. The van der Waals surface area contributed by atoms with E-state index in [1.54, 1.807) is 20.0 Å². The first kappa shape index (κ1) is 12.3. The van der Waals surface area contributed by atoms with Crippen LogP contribution in [-0.4, -0.2) is 27.5 Å². The predicted octanol–water partition coefficient (Wildman–Crippen LogP) is 2.27. The maximum atomic E-state index is 11.7. The van der Waals surface area contributed by atoms with Gasteiger partial charge in [0.25, 0.3) is 0 Å². The number of nitrogens with one attached hydrogen (secondary N) is 1. The average molecular weight is 245 g/mol. The number of rotatable bonds is 3. The first-order chi connectivity index (χ1) is 8.63. The van der Waals surface area contributed by atoms with Crippen LogP contribution in [0.1, 0.15) is 28.7 Å². The monoisotopic (exact) mass is 245 g/mol. The molecule has 0 spiro atoms. The quantitative estimate of drug-likeness (QED) is 0.842. The van der Waals surface area contributed by atoms with Crippen molar-refractivity contribution < 1.29 is 9.53 Å². The third kappa shape index (κ3) is 2.25. The summed E-state index contributed by atoms with van der Waals surface area (Å²) < 4.78 is 4.95. The van der Waals surface area contributed by atoms with Crippen LogP contribution < -0.4 is 0 Å². The van der Waals surface area contributed by atoms with E-state index in [1.807, 2.05) is 19.1 Å². The molecule has 0 aliphatic rings. The molecular formula is C13H15N3O2. The Morgan fingerprint density at radius 1 is 1.44 bits per heavy atom. The van der Waals surface area contributed by atoms with E-state index in [1.165, 1.54) is 0 Å². The van der Waals surface area contributed by atoms with E-state index >= 15 is 0 Å². The number of nitrogens with zero attached hydrogens (tertiary/aromatic N) is 2. The fourth-order valence-electron chi connectivity index (χ4n) is 1.70. The van der Waals surface area contributed by atoms with Crippen molar-refractivity contribution in [3.63, 3.8) is 0 Å². The number of esters is 1. The number of aromatic nitrogens is 3. The summed E-state index contributed by atoms with van der Waals surface area (Å²) >= 11 is 0. The zero-order chi connectivity index (χ0) is 13.1. The Hall–Kier alpha value is -2.17. The highest BCUT2D eigenvalue weighted by Crippen LogP contribution is 2.19. The minimum Gasteiger partial charge on any atom is -0.461 e. The lowest BCUT2D eigenvalue weighted by molar-refractivity contribution is 0.0519. The molecule has 2 aromatic rings. The van der Waals surface area contributed by atoms with Crippen LogP contribution in [0, 0.1) is 13.8 Å². The molecule has 94 valence electrons. The van der Waals surface area contributed by atoms with Gasteiger partial charge >= 0.3 is 5.97 Å². The van der Waals surface area contributed by atoms with E-state index in [-0.39, 0.29) is 0 Å². The van der Waals surface area contributed by atoms with E-state index in [0.717, 1.165) is 11.3 Å². The summed E-state index contributed by atoms with van der Waals surface area (Å²) in [6.07, 6.45) is 1.70. The Morgan fingerprint density at radius 2 is 2.22 bits per heavy atom. The molecule has 0 bridgehead atoms. The van der Waals surface area contributed by atoms with Gasteiger partial charge in [-0.1, -0.05) is 6.07 Å². The fraction of sp³-hybridized carbons (Fsp3) is 0.308. The van der Waals surface area contributed by atoms with Crippen molar-refractivity contribution in [2.75, 3.05) is 6.61 Å². The topological polar surface area (TPSA) is 67.9 Å². The summed E-state index contributed by atoms with van der Waals surface area (Å²) in [5.41, 5.74) is 2.75. The lowest BCUT2D eigenvalue weighted by atomic mass is 10.2. The van der Waals surface area contributed by atoms with E-state index < -0.39 is 5.97 Å². The normalized spacial score (nSPS) is 10.4. The van der Waals surface area contributed by atoms with Crippen LogP contribution in [0.15, 0.2) is 18.3 Å². The number of aryl methyl sites for hydroxylation is 2. The second-order valence-electron chi connectivity index (χ2n) is 3.95. The number of pyridine rings is 1. The Balaban J connectivity index is 2.41. The minimum absolute atomic E-state index is 0.317. The van der Waals surface area contributed by atoms with Crippen LogP contribution >= 0.6 is 0 Å². The van der Waals surface area contributed by atoms with Gasteiger partial charge in [-0.25, -0.2) is 9.78 Å². The minimum atomic E-state index is -0.411. The van der Waals surface area contributed by atoms with Crippen LogP contribution in [0.2, 0.25) is 0 Å². The van der Waals surface area contributed by atoms with Crippen molar-refractivity contribution in [2.24, 2.45) is 0 Å². The maximum Gasteiger partial charge on any atom is 0.358 e. The number of hydrogen-bond acceptors (Lipinski definition) is 4. The molecule has 18 heavy (non-hydrogen) atoms. The fourth-order valence-corrected chi connectivity index (χ4v) is 1.70. The molecule has 5 nitrogen and oxygen atoms in total. The molecule has 2 aromatic heterocycles. The molecule has 0 aromatic carbocycles. The Labute approximate surface area is 105 Å². The molecule has 2 rings (SSSR count). The molecule has 1 N–H and O–H groups in total. The summed E-state index contributed by atoms with van der Waals surface area (Å²) in [5, 5.41) is 0. The van der Waals surface area contributed by atoms with Gasteiger partial charge in [-0.15, -0.1) is 0 Å². The zero-order valence-corrected chi connectivity index (χ0v) is 10.7. The van der Waals surface area contributed by atoms with Gasteiger partial charge in [-0.05, 0) is 32.4 Å². The molecule has 0 saturated heterocycles. The number of carbonyl (C=O) groups excluding carboxylic acids is 1. The predicted molar refractivity (Wildman–Crippen MR) is 67.2 cm³/mol. The van der Waals surface area contributed by atoms with Crippen LogP contribution in [0.25, 0.3) is 11.5 Å². The average Bonchev–Trinajstić information content (AvgIpc) is 2.72. The third-order valence-corrected chi connectivity index (χ3v) is 2.59. The number of hydrogen-bond donors (Lipinski definition) is 1. The van der Waals surface area contributed by atoms with Gasteiger partial charge < -0.3 is 9.72 Å². The standard InChI is InChI=1S/C13H15N3O2/c1-4-18-13(17)11-9(3)15-12(16-11)10-8(2)6-5-7-14-10/h5-7H,4H2,1-3H3,(H,15,16). The highest BCUT2D eigenvalue weighted by atomic mass is 16.5. The van der Waals surface area contributed by atoms with E-state index in [0.29, 0.717) is 23.8 Å². The lowest BCUT2D eigenvalue weighted by Gasteiger charge is -1.99. The molecule has 0 radical (unpaired) electrons. The summed E-state index contributed by atoms with van der Waals surface area (Å²) in [6, 6.07) is 3.81. The van der Waals surface area contributed by atoms with Gasteiger partial charge in [0, 0.05) is 11.9 Å². The summed E-state index contributed by atoms with van der Waals surface area (Å²) in [7, 11) is 0. The SMILES string of the molecule is CCOC(=O)c1nc(-c2ncccc2C)[nH]c1C. The van der Waals surface area contributed by atoms with E-state index in [4.69, 9.17) is 4.74 Å². The highest BCUT2D eigenvalue weighted by Gasteiger charge is 2.17. The van der Waals surface area contributed by atoms with Crippen LogP contribution in [0.4, 0.5) is 0 Å². The Morgan fingerprint density at radius 3 is 2.89 bits per heavy atom. The van der Waals surface area contributed by atoms with Crippen LogP contribution in [0.5, 0.6) is 0 Å². The second-order valence-corrected chi connectivity index (χ2v) is 3.95. The van der Waals surface area contributed by atoms with Crippen molar-refractivity contribution in [3.8, 4) is 11.5 Å². The van der Waals surface area contributed by atoms with E-state index in [9.17, 15) is 4.79 Å². The lowest BCUT2D eigenvalue weighted by Crippen LogP contribution is -2.06. The first-order valence-corrected chi connectivity index (χ1v) is 5.79. The number of H-pyrrole nitrogens is 1. The van der Waals surface area contributed by atoms with Gasteiger partial charge in [0.1, 0.15) is 5.69 Å². The molecule has 0 fully saturated rings. The Kier molecular flexibility index (Phi) is 3.41. The maximum absolute atomic E-state index is 11.7. The second kappa shape index (κ2) is 5.00. The van der Waals surface area contributed by atoms with Crippen molar-refractivity contribution in [1.82, 2.24) is 15.0 Å². The van der Waals surface area contributed by atoms with Gasteiger partial charge in [0.05, 0.1) is 6.61 Å². The van der Waals surface area contributed by atoms with Crippen molar-refractivity contribution in [3.05, 3.63) is 35.3 Å². The smallest absolute Gasteiger partial charge is 0.358 e. The third-order valence-electron chi connectivity index (χ3n) is 2.59. The van der Waals surface area contributed by atoms with Crippen LogP contribution in [0.3, 0.4) is 0 Å². The van der Waals surface area contributed by atoms with Gasteiger partial charge in [-0.2, -0.15) is 0 Å². The molecule has 0 aliphatic heterocycles. The van der Waals surface area contributed by atoms with Crippen LogP contribution in [-0.2, 0) is 4.74 Å². The number of imidazole rings is 1. The summed E-state index contributed by atoms with van der Waals surface area (Å²) in [5.74, 6) is 0.180. The first-order valence-electron chi connectivity index (χ1n) is 5.79. The largest absolute Gasteiger partial charge is 0.461 e. The molecule has 0 saturated carbocycles. The molecule has 0 unspecified atom stereocenters. The van der Waals surface area contributed by atoms with Gasteiger partial charge in [0.2, 0.25) is 0 Å².